The summed E-state index contributed by atoms with van der Waals surface area (Å²) in [5.41, 5.74) is 1.28. The molecule has 0 radical (unpaired) electrons. The second-order valence-corrected chi connectivity index (χ2v) is 7.63. The van der Waals surface area contributed by atoms with Crippen LogP contribution in [-0.2, 0) is 22.4 Å². The van der Waals surface area contributed by atoms with E-state index in [0.29, 0.717) is 26.2 Å². The van der Waals surface area contributed by atoms with E-state index in [1.807, 2.05) is 11.0 Å². The van der Waals surface area contributed by atoms with Crippen molar-refractivity contribution in [1.29, 1.82) is 0 Å². The summed E-state index contributed by atoms with van der Waals surface area (Å²) in [5, 5.41) is 8.85. The number of nitrogens with zero attached hydrogens (tertiary/aromatic N) is 2. The van der Waals surface area contributed by atoms with Crippen molar-refractivity contribution in [3.63, 3.8) is 0 Å². The number of thiophene rings is 1. The number of aryl methyl sites for hydroxylation is 2. The highest BCUT2D eigenvalue weighted by Gasteiger charge is 2.27. The van der Waals surface area contributed by atoms with Crippen molar-refractivity contribution in [3.8, 4) is 0 Å². The van der Waals surface area contributed by atoms with E-state index in [2.05, 4.69) is 13.8 Å². The average molecular weight is 368 g/mol. The lowest BCUT2D eigenvalue weighted by Gasteiger charge is -2.34. The van der Waals surface area contributed by atoms with Crippen molar-refractivity contribution in [2.75, 3.05) is 39.8 Å². The number of morpholine rings is 1. The summed E-state index contributed by atoms with van der Waals surface area (Å²) >= 11 is 1.61. The first-order chi connectivity index (χ1) is 11.9. The average Bonchev–Trinajstić information content (AvgIpc) is 2.97. The van der Waals surface area contributed by atoms with Crippen LogP contribution in [0, 0.1) is 0 Å². The Bertz CT molecular complexity index is 602. The van der Waals surface area contributed by atoms with Crippen molar-refractivity contribution in [2.45, 2.75) is 39.2 Å². The first-order valence-electron chi connectivity index (χ1n) is 8.87. The summed E-state index contributed by atoms with van der Waals surface area (Å²) in [5.74, 6) is -0.795. The van der Waals surface area contributed by atoms with E-state index in [1.165, 1.54) is 10.4 Å². The van der Waals surface area contributed by atoms with Gasteiger partial charge in [-0.3, -0.25) is 14.5 Å². The van der Waals surface area contributed by atoms with Crippen molar-refractivity contribution >= 4 is 23.2 Å². The first-order valence-corrected chi connectivity index (χ1v) is 9.69. The minimum atomic E-state index is -0.861. The minimum absolute atomic E-state index is 0.0288. The van der Waals surface area contributed by atoms with Gasteiger partial charge in [0.25, 0.3) is 5.91 Å². The van der Waals surface area contributed by atoms with Gasteiger partial charge in [0.1, 0.15) is 0 Å². The quantitative estimate of drug-likeness (QED) is 0.761. The van der Waals surface area contributed by atoms with Gasteiger partial charge in [-0.2, -0.15) is 0 Å². The number of carboxylic acid groups (broad SMARTS) is 1. The van der Waals surface area contributed by atoms with E-state index < -0.39 is 5.97 Å². The fraction of sp³-hybridized carbons (Fsp3) is 0.667. The Kier molecular flexibility index (Phi) is 7.40. The van der Waals surface area contributed by atoms with E-state index in [0.717, 1.165) is 24.1 Å². The number of hydrogen-bond acceptors (Lipinski definition) is 5. The third-order valence-corrected chi connectivity index (χ3v) is 5.54. The van der Waals surface area contributed by atoms with Crippen LogP contribution in [0.25, 0.3) is 0 Å². The molecular formula is C18H28N2O4S. The zero-order chi connectivity index (χ0) is 18.4. The topological polar surface area (TPSA) is 70.1 Å². The molecule has 1 saturated heterocycles. The maximum Gasteiger partial charge on any atom is 0.317 e. The Morgan fingerprint density at radius 3 is 2.84 bits per heavy atom. The monoisotopic (exact) mass is 368 g/mol. The standard InChI is InChI=1S/C18H28N2O4S/c1-4-6-15-13(5-2)9-16(25-15)18(23)20-7-8-24-14(11-20)10-19(3)12-17(21)22/h9,14H,4-8,10-12H2,1-3H3,(H,21,22). The SMILES string of the molecule is CCCc1sc(C(=O)N2CCOC(CN(C)CC(=O)O)C2)cc1CC. The van der Waals surface area contributed by atoms with Crippen LogP contribution in [0.5, 0.6) is 0 Å². The van der Waals surface area contributed by atoms with Crippen LogP contribution in [0.3, 0.4) is 0 Å². The number of carbonyl (C=O) groups excluding carboxylic acids is 1. The van der Waals surface area contributed by atoms with Crippen molar-refractivity contribution in [3.05, 3.63) is 21.4 Å². The number of aliphatic carboxylic acids is 1. The van der Waals surface area contributed by atoms with Crippen LogP contribution in [0.2, 0.25) is 0 Å². The summed E-state index contributed by atoms with van der Waals surface area (Å²) in [6.07, 6.45) is 2.90. The maximum absolute atomic E-state index is 12.9. The fourth-order valence-electron chi connectivity index (χ4n) is 3.12. The van der Waals surface area contributed by atoms with E-state index in [1.54, 1.807) is 23.3 Å². The minimum Gasteiger partial charge on any atom is -0.480 e. The molecule has 0 bridgehead atoms. The highest BCUT2D eigenvalue weighted by Crippen LogP contribution is 2.26. The van der Waals surface area contributed by atoms with Gasteiger partial charge in [-0.1, -0.05) is 20.3 Å². The summed E-state index contributed by atoms with van der Waals surface area (Å²) < 4.78 is 5.71. The van der Waals surface area contributed by atoms with E-state index in [9.17, 15) is 9.59 Å². The molecular weight excluding hydrogens is 340 g/mol. The van der Waals surface area contributed by atoms with Crippen LogP contribution < -0.4 is 0 Å². The normalized spacial score (nSPS) is 17.9. The van der Waals surface area contributed by atoms with Crippen LogP contribution in [0.15, 0.2) is 6.07 Å². The summed E-state index contributed by atoms with van der Waals surface area (Å²) in [7, 11) is 1.75. The van der Waals surface area contributed by atoms with Crippen molar-refractivity contribution in [2.24, 2.45) is 0 Å². The Labute approximate surface area is 153 Å². The molecule has 1 aliphatic heterocycles. The zero-order valence-electron chi connectivity index (χ0n) is 15.3. The van der Waals surface area contributed by atoms with Gasteiger partial charge in [0.05, 0.1) is 24.1 Å². The molecule has 0 saturated carbocycles. The smallest absolute Gasteiger partial charge is 0.317 e. The molecule has 140 valence electrons. The third kappa shape index (κ3) is 5.52. The number of likely N-dealkylation sites (N-methyl/N-ethyl adjacent to an activating group) is 1. The highest BCUT2D eigenvalue weighted by atomic mass is 32.1. The van der Waals surface area contributed by atoms with Crippen LogP contribution in [0.4, 0.5) is 0 Å². The van der Waals surface area contributed by atoms with E-state index in [4.69, 9.17) is 9.84 Å². The summed E-state index contributed by atoms with van der Waals surface area (Å²) in [6.45, 7) is 6.33. The van der Waals surface area contributed by atoms with Crippen molar-refractivity contribution in [1.82, 2.24) is 9.80 Å². The summed E-state index contributed by atoms with van der Waals surface area (Å²) in [4.78, 5) is 29.3. The maximum atomic E-state index is 12.9. The molecule has 0 aromatic carbocycles. The van der Waals surface area contributed by atoms with Gasteiger partial charge in [-0.25, -0.2) is 0 Å². The molecule has 2 rings (SSSR count). The molecule has 0 spiro atoms. The van der Waals surface area contributed by atoms with Gasteiger partial charge in [0.2, 0.25) is 0 Å². The lowest BCUT2D eigenvalue weighted by atomic mass is 10.1. The molecule has 25 heavy (non-hydrogen) atoms. The molecule has 1 amide bonds. The van der Waals surface area contributed by atoms with Crippen LogP contribution in [0.1, 0.15) is 40.4 Å². The molecule has 1 N–H and O–H groups in total. The number of ether oxygens (including phenoxy) is 1. The van der Waals surface area contributed by atoms with Gasteiger partial charge < -0.3 is 14.7 Å². The number of rotatable bonds is 8. The molecule has 6 nitrogen and oxygen atoms in total. The number of amides is 1. The third-order valence-electron chi connectivity index (χ3n) is 4.31. The fourth-order valence-corrected chi connectivity index (χ4v) is 4.45. The first kappa shape index (κ1) is 19.9. The van der Waals surface area contributed by atoms with E-state index >= 15 is 0 Å². The molecule has 1 atom stereocenters. The Balaban J connectivity index is 2.00. The van der Waals surface area contributed by atoms with Crippen LogP contribution >= 0.6 is 11.3 Å². The highest BCUT2D eigenvalue weighted by molar-refractivity contribution is 7.14. The predicted molar refractivity (Wildman–Crippen MR) is 98.5 cm³/mol. The lowest BCUT2D eigenvalue weighted by Crippen LogP contribution is -2.49. The summed E-state index contributed by atoms with van der Waals surface area (Å²) in [6, 6.07) is 2.04. The van der Waals surface area contributed by atoms with Gasteiger partial charge in [-0.05, 0) is 31.5 Å². The number of carbonyl (C=O) groups is 2. The zero-order valence-corrected chi connectivity index (χ0v) is 16.1. The van der Waals surface area contributed by atoms with E-state index in [-0.39, 0.29) is 18.6 Å². The molecule has 1 aromatic heterocycles. The molecule has 2 heterocycles. The molecule has 1 aliphatic rings. The molecule has 1 aromatic rings. The molecule has 1 fully saturated rings. The number of hydrogen-bond donors (Lipinski definition) is 1. The predicted octanol–water partition coefficient (Wildman–Crippen LogP) is 2.12. The van der Waals surface area contributed by atoms with Gasteiger partial charge in [0.15, 0.2) is 0 Å². The second-order valence-electron chi connectivity index (χ2n) is 6.50. The Hall–Kier alpha value is -1.44. The Morgan fingerprint density at radius 1 is 1.44 bits per heavy atom. The Morgan fingerprint density at radius 2 is 2.20 bits per heavy atom. The van der Waals surface area contributed by atoms with Gasteiger partial charge in [0, 0.05) is 24.5 Å². The largest absolute Gasteiger partial charge is 0.480 e. The second kappa shape index (κ2) is 9.31. The lowest BCUT2D eigenvalue weighted by molar-refractivity contribution is -0.138. The number of carboxylic acids is 1. The van der Waals surface area contributed by atoms with Crippen molar-refractivity contribution < 1.29 is 19.4 Å². The van der Waals surface area contributed by atoms with Gasteiger partial charge >= 0.3 is 5.97 Å². The molecule has 0 aliphatic carbocycles. The van der Waals surface area contributed by atoms with Gasteiger partial charge in [-0.15, -0.1) is 11.3 Å². The molecule has 1 unspecified atom stereocenters. The van der Waals surface area contributed by atoms with Crippen LogP contribution in [-0.4, -0.2) is 72.7 Å². The molecule has 7 heteroatoms.